The summed E-state index contributed by atoms with van der Waals surface area (Å²) in [4.78, 5) is 0. The van der Waals surface area contributed by atoms with E-state index >= 15 is 0 Å². The number of unbranched alkanes of at least 4 members (excludes halogenated alkanes) is 2. The lowest BCUT2D eigenvalue weighted by Gasteiger charge is -2.09. The molecule has 1 atom stereocenters. The number of hydrogen-bond donors (Lipinski definition) is 2. The molecule has 0 saturated carbocycles. The van der Waals surface area contributed by atoms with Crippen molar-refractivity contribution in [2.24, 2.45) is 0 Å². The van der Waals surface area contributed by atoms with Crippen molar-refractivity contribution < 1.29 is 5.11 Å². The molecule has 14 heavy (non-hydrogen) atoms. The first-order valence-electron chi connectivity index (χ1n) is 5.76. The van der Waals surface area contributed by atoms with Gasteiger partial charge in [0.1, 0.15) is 0 Å². The molecule has 0 aromatic carbocycles. The zero-order chi connectivity index (χ0) is 10.8. The van der Waals surface area contributed by atoms with Crippen molar-refractivity contribution in [3.05, 3.63) is 12.3 Å². The quantitative estimate of drug-likeness (QED) is 0.560. The number of allylic oxidation sites excluding steroid dienone is 1. The number of rotatable bonds is 9. The van der Waals surface area contributed by atoms with Crippen LogP contribution in [0.5, 0.6) is 0 Å². The van der Waals surface area contributed by atoms with Crippen LogP contribution in [0.15, 0.2) is 12.3 Å². The predicted molar refractivity (Wildman–Crippen MR) is 62.2 cm³/mol. The molecular weight excluding hydrogens is 174 g/mol. The van der Waals surface area contributed by atoms with Gasteiger partial charge in [0.15, 0.2) is 0 Å². The van der Waals surface area contributed by atoms with Gasteiger partial charge in [-0.05, 0) is 39.0 Å². The van der Waals surface area contributed by atoms with Crippen molar-refractivity contribution >= 4 is 0 Å². The van der Waals surface area contributed by atoms with Crippen molar-refractivity contribution in [3.8, 4) is 0 Å². The molecule has 0 unspecified atom stereocenters. The average molecular weight is 199 g/mol. The summed E-state index contributed by atoms with van der Waals surface area (Å²) >= 11 is 0. The lowest BCUT2D eigenvalue weighted by atomic mass is 10.1. The van der Waals surface area contributed by atoms with Crippen LogP contribution in [0.25, 0.3) is 0 Å². The summed E-state index contributed by atoms with van der Waals surface area (Å²) in [6.45, 7) is 8.99. The molecule has 0 aromatic heterocycles. The maximum absolute atomic E-state index is 9.04. The second-order valence-corrected chi connectivity index (χ2v) is 3.98. The van der Waals surface area contributed by atoms with Gasteiger partial charge in [0, 0.05) is 12.2 Å². The van der Waals surface area contributed by atoms with Gasteiger partial charge in [-0.2, -0.15) is 0 Å². The number of hydrogen-bond acceptors (Lipinski definition) is 2. The van der Waals surface area contributed by atoms with E-state index in [0.29, 0.717) is 0 Å². The zero-order valence-electron chi connectivity index (χ0n) is 9.68. The Morgan fingerprint density at radius 2 is 2.07 bits per heavy atom. The van der Waals surface area contributed by atoms with E-state index in [-0.39, 0.29) is 6.10 Å². The number of aliphatic hydroxyl groups excluding tert-OH is 1. The minimum Gasteiger partial charge on any atom is -0.393 e. The Labute approximate surface area is 88.4 Å². The Morgan fingerprint density at radius 1 is 1.36 bits per heavy atom. The number of nitrogens with one attached hydrogen (secondary N) is 1. The van der Waals surface area contributed by atoms with Gasteiger partial charge in [0.2, 0.25) is 0 Å². The second-order valence-electron chi connectivity index (χ2n) is 3.98. The van der Waals surface area contributed by atoms with Crippen LogP contribution in [0.3, 0.4) is 0 Å². The van der Waals surface area contributed by atoms with Gasteiger partial charge in [0.05, 0.1) is 6.10 Å². The van der Waals surface area contributed by atoms with Crippen LogP contribution >= 0.6 is 0 Å². The molecule has 0 amide bonds. The van der Waals surface area contributed by atoms with Crippen LogP contribution in [0.1, 0.15) is 52.4 Å². The molecule has 2 nitrogen and oxygen atoms in total. The van der Waals surface area contributed by atoms with Crippen LogP contribution in [0.4, 0.5) is 0 Å². The van der Waals surface area contributed by atoms with Crippen molar-refractivity contribution in [1.82, 2.24) is 5.32 Å². The summed E-state index contributed by atoms with van der Waals surface area (Å²) in [5.41, 5.74) is 1.16. The molecule has 0 saturated heterocycles. The second kappa shape index (κ2) is 9.07. The Morgan fingerprint density at radius 3 is 2.64 bits per heavy atom. The molecular formula is C12H25NO. The Kier molecular flexibility index (Phi) is 8.75. The van der Waals surface area contributed by atoms with Crippen LogP contribution in [-0.2, 0) is 0 Å². The van der Waals surface area contributed by atoms with Gasteiger partial charge in [-0.3, -0.25) is 0 Å². The Balaban J connectivity index is 3.15. The molecule has 0 rings (SSSR count). The topological polar surface area (TPSA) is 32.3 Å². The van der Waals surface area contributed by atoms with Crippen molar-refractivity contribution in [2.75, 3.05) is 6.54 Å². The standard InChI is InChI=1S/C12H25NO/c1-4-5-8-11(2)13-10-7-6-9-12(3)14/h12-14H,2,4-10H2,1,3H3/t12-/m1/s1. The summed E-state index contributed by atoms with van der Waals surface area (Å²) in [5.74, 6) is 0. The first kappa shape index (κ1) is 13.5. The highest BCUT2D eigenvalue weighted by Crippen LogP contribution is 2.03. The molecule has 0 fully saturated rings. The van der Waals surface area contributed by atoms with E-state index in [1.54, 1.807) is 0 Å². The highest BCUT2D eigenvalue weighted by Gasteiger charge is 1.96. The Bertz CT molecular complexity index is 143. The van der Waals surface area contributed by atoms with Gasteiger partial charge in [-0.15, -0.1) is 0 Å². The van der Waals surface area contributed by atoms with Crippen LogP contribution < -0.4 is 5.32 Å². The largest absolute Gasteiger partial charge is 0.393 e. The van der Waals surface area contributed by atoms with E-state index in [2.05, 4.69) is 18.8 Å². The first-order chi connectivity index (χ1) is 6.66. The van der Waals surface area contributed by atoms with Gasteiger partial charge in [-0.1, -0.05) is 19.9 Å². The molecule has 0 heterocycles. The monoisotopic (exact) mass is 199 g/mol. The number of aliphatic hydroxyl groups is 1. The third-order valence-corrected chi connectivity index (χ3v) is 2.26. The van der Waals surface area contributed by atoms with Gasteiger partial charge in [-0.25, -0.2) is 0 Å². The molecule has 0 aliphatic rings. The fraction of sp³-hybridized carbons (Fsp3) is 0.833. The molecule has 0 spiro atoms. The summed E-state index contributed by atoms with van der Waals surface area (Å²) in [7, 11) is 0. The molecule has 2 heteroatoms. The minimum absolute atomic E-state index is 0.154. The lowest BCUT2D eigenvalue weighted by Crippen LogP contribution is -2.14. The fourth-order valence-electron chi connectivity index (χ4n) is 1.31. The maximum atomic E-state index is 9.04. The lowest BCUT2D eigenvalue weighted by molar-refractivity contribution is 0.180. The average Bonchev–Trinajstić information content (AvgIpc) is 2.13. The smallest absolute Gasteiger partial charge is 0.0512 e. The molecule has 0 radical (unpaired) electrons. The summed E-state index contributed by atoms with van der Waals surface area (Å²) < 4.78 is 0. The summed E-state index contributed by atoms with van der Waals surface area (Å²) in [6, 6.07) is 0. The van der Waals surface area contributed by atoms with E-state index < -0.39 is 0 Å². The van der Waals surface area contributed by atoms with Crippen molar-refractivity contribution in [3.63, 3.8) is 0 Å². The fourth-order valence-corrected chi connectivity index (χ4v) is 1.31. The van der Waals surface area contributed by atoms with E-state index in [4.69, 9.17) is 5.11 Å². The molecule has 0 aliphatic heterocycles. The highest BCUT2D eigenvalue weighted by atomic mass is 16.3. The van der Waals surface area contributed by atoms with Gasteiger partial charge in [0.25, 0.3) is 0 Å². The third kappa shape index (κ3) is 9.59. The molecule has 84 valence electrons. The summed E-state index contributed by atoms with van der Waals surface area (Å²) in [5, 5.41) is 12.4. The predicted octanol–water partition coefficient (Wildman–Crippen LogP) is 2.83. The van der Waals surface area contributed by atoms with E-state index in [1.165, 1.54) is 12.8 Å². The molecule has 0 aromatic rings. The van der Waals surface area contributed by atoms with E-state index in [1.807, 2.05) is 6.92 Å². The Hall–Kier alpha value is -0.500. The minimum atomic E-state index is -0.154. The maximum Gasteiger partial charge on any atom is 0.0512 e. The molecule has 0 bridgehead atoms. The van der Waals surface area contributed by atoms with Crippen LogP contribution in [-0.4, -0.2) is 17.8 Å². The van der Waals surface area contributed by atoms with Crippen molar-refractivity contribution in [1.29, 1.82) is 0 Å². The normalized spacial score (nSPS) is 12.5. The summed E-state index contributed by atoms with van der Waals surface area (Å²) in [6.07, 6.45) is 6.50. The van der Waals surface area contributed by atoms with E-state index in [0.717, 1.165) is 37.9 Å². The van der Waals surface area contributed by atoms with Gasteiger partial charge >= 0.3 is 0 Å². The van der Waals surface area contributed by atoms with Crippen molar-refractivity contribution in [2.45, 2.75) is 58.5 Å². The SMILES string of the molecule is C=C(CCCC)NCCCC[C@@H](C)O. The first-order valence-corrected chi connectivity index (χ1v) is 5.76. The van der Waals surface area contributed by atoms with E-state index in [9.17, 15) is 0 Å². The zero-order valence-corrected chi connectivity index (χ0v) is 9.68. The highest BCUT2D eigenvalue weighted by molar-refractivity contribution is 4.90. The molecule has 2 N–H and O–H groups in total. The third-order valence-electron chi connectivity index (χ3n) is 2.26. The van der Waals surface area contributed by atoms with Crippen LogP contribution in [0.2, 0.25) is 0 Å². The van der Waals surface area contributed by atoms with Gasteiger partial charge < -0.3 is 10.4 Å². The van der Waals surface area contributed by atoms with Crippen LogP contribution in [0, 0.1) is 0 Å². The molecule has 0 aliphatic carbocycles.